The number of nitrogens with one attached hydrogen (secondary N) is 1. The molecule has 0 aromatic rings. The van der Waals surface area contributed by atoms with E-state index in [-0.39, 0.29) is 0 Å². The van der Waals surface area contributed by atoms with Crippen molar-refractivity contribution in [2.45, 2.75) is 77.0 Å². The molecule has 2 heterocycles. The first kappa shape index (κ1) is 11.4. The van der Waals surface area contributed by atoms with Crippen LogP contribution in [0, 0.1) is 0 Å². The van der Waals surface area contributed by atoms with Crippen molar-refractivity contribution < 1.29 is 0 Å². The monoisotopic (exact) mass is 210 g/mol. The Labute approximate surface area is 94.4 Å². The first-order valence-electron chi connectivity index (χ1n) is 6.58. The second-order valence-electron chi connectivity index (χ2n) is 5.97. The lowest BCUT2D eigenvalue weighted by molar-refractivity contribution is 0.0415. The van der Waals surface area contributed by atoms with Crippen LogP contribution in [0.1, 0.15) is 53.4 Å². The number of hydrogen-bond acceptors (Lipinski definition) is 2. The Balaban J connectivity index is 2.03. The largest absolute Gasteiger partial charge is 0.311 e. The molecule has 0 radical (unpaired) electrons. The number of rotatable bonds is 4. The average Bonchev–Trinajstić information content (AvgIpc) is 2.74. The summed E-state index contributed by atoms with van der Waals surface area (Å²) in [4.78, 5) is 2.78. The van der Waals surface area contributed by atoms with Gasteiger partial charge in [-0.25, -0.2) is 0 Å². The molecule has 2 fully saturated rings. The van der Waals surface area contributed by atoms with E-state index < -0.39 is 0 Å². The van der Waals surface area contributed by atoms with Gasteiger partial charge in [-0.1, -0.05) is 19.8 Å². The highest BCUT2D eigenvalue weighted by atomic mass is 15.3. The molecule has 0 amide bonds. The summed E-state index contributed by atoms with van der Waals surface area (Å²) in [7, 11) is 0. The molecule has 2 rings (SSSR count). The Kier molecular flexibility index (Phi) is 3.09. The molecule has 2 aliphatic rings. The predicted molar refractivity (Wildman–Crippen MR) is 65.1 cm³/mol. The van der Waals surface area contributed by atoms with Crippen LogP contribution in [-0.2, 0) is 0 Å². The Hall–Kier alpha value is -0.0800. The smallest absolute Gasteiger partial charge is 0.0244 e. The van der Waals surface area contributed by atoms with Gasteiger partial charge in [0.2, 0.25) is 0 Å². The maximum absolute atomic E-state index is 3.62. The summed E-state index contributed by atoms with van der Waals surface area (Å²) in [6.45, 7) is 10.8. The quantitative estimate of drug-likeness (QED) is 0.766. The van der Waals surface area contributed by atoms with E-state index in [2.05, 4.69) is 37.9 Å². The SMILES string of the molecule is CCCCC(C)(C)N1C2CNC(C2)C1C. The summed E-state index contributed by atoms with van der Waals surface area (Å²) in [6.07, 6.45) is 5.40. The maximum atomic E-state index is 3.62. The van der Waals surface area contributed by atoms with Crippen LogP contribution in [0.5, 0.6) is 0 Å². The van der Waals surface area contributed by atoms with Crippen LogP contribution < -0.4 is 5.32 Å². The topological polar surface area (TPSA) is 15.3 Å². The van der Waals surface area contributed by atoms with Crippen molar-refractivity contribution in [2.75, 3.05) is 6.54 Å². The molecule has 88 valence electrons. The molecule has 3 unspecified atom stereocenters. The molecule has 2 nitrogen and oxygen atoms in total. The fourth-order valence-electron chi connectivity index (χ4n) is 3.64. The van der Waals surface area contributed by atoms with Gasteiger partial charge in [0.05, 0.1) is 0 Å². The molecule has 2 saturated heterocycles. The summed E-state index contributed by atoms with van der Waals surface area (Å²) in [5.74, 6) is 0. The van der Waals surface area contributed by atoms with Gasteiger partial charge in [-0.2, -0.15) is 0 Å². The zero-order chi connectivity index (χ0) is 11.1. The minimum Gasteiger partial charge on any atom is -0.311 e. The van der Waals surface area contributed by atoms with Gasteiger partial charge in [0.15, 0.2) is 0 Å². The van der Waals surface area contributed by atoms with Crippen LogP contribution in [-0.4, -0.2) is 35.1 Å². The highest BCUT2D eigenvalue weighted by molar-refractivity contribution is 5.07. The molecule has 3 atom stereocenters. The van der Waals surface area contributed by atoms with Crippen molar-refractivity contribution in [3.05, 3.63) is 0 Å². The Morgan fingerprint density at radius 3 is 2.67 bits per heavy atom. The number of likely N-dealkylation sites (tertiary alicyclic amines) is 1. The Morgan fingerprint density at radius 1 is 1.40 bits per heavy atom. The lowest BCUT2D eigenvalue weighted by Gasteiger charge is -2.45. The van der Waals surface area contributed by atoms with Crippen LogP contribution in [0.15, 0.2) is 0 Å². The maximum Gasteiger partial charge on any atom is 0.0244 e. The number of hydrogen-bond donors (Lipinski definition) is 1. The second-order valence-corrected chi connectivity index (χ2v) is 5.97. The van der Waals surface area contributed by atoms with Crippen LogP contribution in [0.2, 0.25) is 0 Å². The summed E-state index contributed by atoms with van der Waals surface area (Å²) in [5, 5.41) is 3.62. The van der Waals surface area contributed by atoms with Gasteiger partial charge in [-0.15, -0.1) is 0 Å². The van der Waals surface area contributed by atoms with E-state index in [1.807, 2.05) is 0 Å². The molecule has 1 N–H and O–H groups in total. The molecule has 2 bridgehead atoms. The second kappa shape index (κ2) is 4.06. The molecule has 0 spiro atoms. The van der Waals surface area contributed by atoms with Gasteiger partial charge < -0.3 is 5.32 Å². The highest BCUT2D eigenvalue weighted by Crippen LogP contribution is 2.37. The molecule has 0 aromatic carbocycles. The molecule has 0 aliphatic carbocycles. The van der Waals surface area contributed by atoms with Crippen molar-refractivity contribution in [3.8, 4) is 0 Å². The normalized spacial score (nSPS) is 36.4. The number of unbranched alkanes of at least 4 members (excludes halogenated alkanes) is 1. The zero-order valence-corrected chi connectivity index (χ0v) is 10.7. The first-order valence-corrected chi connectivity index (χ1v) is 6.58. The van der Waals surface area contributed by atoms with E-state index >= 15 is 0 Å². The zero-order valence-electron chi connectivity index (χ0n) is 10.7. The molecule has 2 aliphatic heterocycles. The van der Waals surface area contributed by atoms with Crippen molar-refractivity contribution in [1.29, 1.82) is 0 Å². The fraction of sp³-hybridized carbons (Fsp3) is 1.00. The van der Waals surface area contributed by atoms with Crippen LogP contribution >= 0.6 is 0 Å². The molecule has 0 aromatic heterocycles. The summed E-state index contributed by atoms with van der Waals surface area (Å²) in [5.41, 5.74) is 0.400. The predicted octanol–water partition coefficient (Wildman–Crippen LogP) is 2.39. The van der Waals surface area contributed by atoms with Gasteiger partial charge in [0, 0.05) is 30.2 Å². The summed E-state index contributed by atoms with van der Waals surface area (Å²) < 4.78 is 0. The summed E-state index contributed by atoms with van der Waals surface area (Å²) >= 11 is 0. The van der Waals surface area contributed by atoms with E-state index in [0.717, 1.165) is 18.1 Å². The third kappa shape index (κ3) is 1.94. The van der Waals surface area contributed by atoms with Gasteiger partial charge in [0.1, 0.15) is 0 Å². The summed E-state index contributed by atoms with van der Waals surface area (Å²) in [6, 6.07) is 2.29. The molecule has 0 saturated carbocycles. The molecule has 15 heavy (non-hydrogen) atoms. The van der Waals surface area contributed by atoms with Crippen molar-refractivity contribution in [3.63, 3.8) is 0 Å². The number of nitrogens with zero attached hydrogens (tertiary/aromatic N) is 1. The van der Waals surface area contributed by atoms with E-state index in [9.17, 15) is 0 Å². The highest BCUT2D eigenvalue weighted by Gasteiger charge is 2.48. The Bertz CT molecular complexity index is 223. The van der Waals surface area contributed by atoms with E-state index in [1.165, 1.54) is 32.2 Å². The van der Waals surface area contributed by atoms with Crippen molar-refractivity contribution in [1.82, 2.24) is 10.2 Å². The lowest BCUT2D eigenvalue weighted by atomic mass is 9.92. The first-order chi connectivity index (χ1) is 7.06. The third-order valence-corrected chi connectivity index (χ3v) is 4.40. The standard InChI is InChI=1S/C13H26N2/c1-5-6-7-13(3,4)15-10(2)12-8-11(15)9-14-12/h10-12,14H,5-9H2,1-4H3. The number of fused-ring (bicyclic) bond motifs is 2. The van der Waals surface area contributed by atoms with Gasteiger partial charge in [-0.3, -0.25) is 4.90 Å². The molecule has 2 heteroatoms. The lowest BCUT2D eigenvalue weighted by Crippen LogP contribution is -2.58. The minimum atomic E-state index is 0.400. The van der Waals surface area contributed by atoms with E-state index in [4.69, 9.17) is 0 Å². The minimum absolute atomic E-state index is 0.400. The van der Waals surface area contributed by atoms with E-state index in [1.54, 1.807) is 0 Å². The van der Waals surface area contributed by atoms with Crippen LogP contribution in [0.3, 0.4) is 0 Å². The Morgan fingerprint density at radius 2 is 2.13 bits per heavy atom. The van der Waals surface area contributed by atoms with Gasteiger partial charge >= 0.3 is 0 Å². The number of piperazine rings is 1. The van der Waals surface area contributed by atoms with E-state index in [0.29, 0.717) is 5.54 Å². The van der Waals surface area contributed by atoms with Crippen LogP contribution in [0.25, 0.3) is 0 Å². The average molecular weight is 210 g/mol. The fourth-order valence-corrected chi connectivity index (χ4v) is 3.64. The third-order valence-electron chi connectivity index (χ3n) is 4.40. The van der Waals surface area contributed by atoms with Gasteiger partial charge in [-0.05, 0) is 33.6 Å². The molecular formula is C13H26N2. The van der Waals surface area contributed by atoms with Crippen molar-refractivity contribution in [2.24, 2.45) is 0 Å². The van der Waals surface area contributed by atoms with Gasteiger partial charge in [0.25, 0.3) is 0 Å². The van der Waals surface area contributed by atoms with Crippen molar-refractivity contribution >= 4 is 0 Å². The van der Waals surface area contributed by atoms with Crippen LogP contribution in [0.4, 0.5) is 0 Å². The molecular weight excluding hydrogens is 184 g/mol.